The summed E-state index contributed by atoms with van der Waals surface area (Å²) in [5, 5.41) is 4.31. The van der Waals surface area contributed by atoms with Crippen molar-refractivity contribution in [3.05, 3.63) is 82.4 Å². The molecule has 0 unspecified atom stereocenters. The number of rotatable bonds is 6. The molecule has 126 valence electrons. The van der Waals surface area contributed by atoms with Crippen molar-refractivity contribution in [1.29, 1.82) is 0 Å². The zero-order valence-electron chi connectivity index (χ0n) is 14.2. The van der Waals surface area contributed by atoms with Crippen LogP contribution < -0.4 is 0 Å². The molecule has 0 saturated carbocycles. The maximum atomic E-state index is 4.71. The van der Waals surface area contributed by atoms with E-state index in [1.165, 1.54) is 27.9 Å². The number of aryl methyl sites for hydroxylation is 2. The van der Waals surface area contributed by atoms with E-state index in [0.29, 0.717) is 0 Å². The molecule has 0 atom stereocenters. The third kappa shape index (κ3) is 3.65. The largest absolute Gasteiger partial charge is 0.302 e. The second kappa shape index (κ2) is 7.46. The van der Waals surface area contributed by atoms with Crippen LogP contribution in [-0.4, -0.2) is 15.1 Å². The number of nitrogens with zero attached hydrogens (tertiary/aromatic N) is 2. The van der Waals surface area contributed by atoms with Crippen LogP contribution in [0.5, 0.6) is 0 Å². The zero-order valence-corrected chi connectivity index (χ0v) is 15.8. The second-order valence-corrected chi connectivity index (χ2v) is 8.06. The molecule has 2 nitrogen and oxygen atoms in total. The van der Waals surface area contributed by atoms with Gasteiger partial charge in [-0.25, -0.2) is 4.98 Å². The number of aromatic nitrogens is 2. The Balaban J connectivity index is 1.51. The number of imidazole rings is 1. The highest BCUT2D eigenvalue weighted by molar-refractivity contribution is 7.98. The van der Waals surface area contributed by atoms with Gasteiger partial charge in [0.25, 0.3) is 0 Å². The van der Waals surface area contributed by atoms with Crippen molar-refractivity contribution < 1.29 is 0 Å². The minimum Gasteiger partial charge on any atom is -0.302 e. The van der Waals surface area contributed by atoms with Crippen molar-refractivity contribution in [3.63, 3.8) is 0 Å². The van der Waals surface area contributed by atoms with E-state index in [2.05, 4.69) is 70.7 Å². The van der Waals surface area contributed by atoms with Gasteiger partial charge in [-0.1, -0.05) is 30.3 Å². The Morgan fingerprint density at radius 2 is 2.04 bits per heavy atom. The fourth-order valence-corrected chi connectivity index (χ4v) is 4.62. The van der Waals surface area contributed by atoms with Gasteiger partial charge in [0.15, 0.2) is 0 Å². The highest BCUT2D eigenvalue weighted by atomic mass is 32.2. The molecule has 4 heteroatoms. The minimum absolute atomic E-state index is 0.987. The molecular formula is C21H20N2S2. The fourth-order valence-electron chi connectivity index (χ4n) is 3.02. The molecule has 0 aliphatic carbocycles. The molecule has 1 aromatic carbocycles. The molecule has 0 fully saturated rings. The van der Waals surface area contributed by atoms with Crippen LogP contribution in [0.1, 0.15) is 16.8 Å². The fraction of sp³-hybridized carbons (Fsp3) is 0.190. The maximum Gasteiger partial charge on any atom is 0.144 e. The van der Waals surface area contributed by atoms with Gasteiger partial charge in [0.1, 0.15) is 5.65 Å². The summed E-state index contributed by atoms with van der Waals surface area (Å²) < 4.78 is 2.26. The van der Waals surface area contributed by atoms with E-state index in [9.17, 15) is 0 Å². The molecule has 0 aliphatic heterocycles. The summed E-state index contributed by atoms with van der Waals surface area (Å²) >= 11 is 3.70. The molecule has 3 aromatic heterocycles. The minimum atomic E-state index is 0.987. The Bertz CT molecular complexity index is 956. The molecule has 4 rings (SSSR count). The number of fused-ring (bicyclic) bond motifs is 1. The van der Waals surface area contributed by atoms with Crippen LogP contribution in [0.2, 0.25) is 0 Å². The van der Waals surface area contributed by atoms with Gasteiger partial charge in [0.05, 0.1) is 11.9 Å². The van der Waals surface area contributed by atoms with Gasteiger partial charge < -0.3 is 4.40 Å². The first kappa shape index (κ1) is 16.4. The predicted molar refractivity (Wildman–Crippen MR) is 110 cm³/mol. The van der Waals surface area contributed by atoms with Crippen LogP contribution in [-0.2, 0) is 12.2 Å². The molecule has 0 N–H and O–H groups in total. The Labute approximate surface area is 156 Å². The monoisotopic (exact) mass is 364 g/mol. The standard InChI is InChI=1S/C21H20N2S2/c1-16-11-20(18-8-10-24-14-18)21-22-12-19(23(21)13-16)15-25-9-7-17-5-3-2-4-6-17/h2-6,8,10-14H,7,9,15H2,1H3. The molecule has 4 aromatic rings. The van der Waals surface area contributed by atoms with Crippen LogP contribution in [0.3, 0.4) is 0 Å². The van der Waals surface area contributed by atoms with E-state index < -0.39 is 0 Å². The summed E-state index contributed by atoms with van der Waals surface area (Å²) in [6.07, 6.45) is 5.34. The first-order valence-electron chi connectivity index (χ1n) is 8.42. The molecule has 0 saturated heterocycles. The van der Waals surface area contributed by atoms with Gasteiger partial charge in [-0.15, -0.1) is 0 Å². The third-order valence-electron chi connectivity index (χ3n) is 4.28. The smallest absolute Gasteiger partial charge is 0.144 e. The van der Waals surface area contributed by atoms with Crippen molar-refractivity contribution in [2.45, 2.75) is 19.1 Å². The first-order valence-corrected chi connectivity index (χ1v) is 10.5. The third-order valence-corrected chi connectivity index (χ3v) is 5.96. The topological polar surface area (TPSA) is 17.3 Å². The molecule has 0 aliphatic rings. The van der Waals surface area contributed by atoms with Crippen molar-refractivity contribution in [1.82, 2.24) is 9.38 Å². The van der Waals surface area contributed by atoms with E-state index >= 15 is 0 Å². The van der Waals surface area contributed by atoms with Crippen LogP contribution in [0.25, 0.3) is 16.8 Å². The lowest BCUT2D eigenvalue weighted by molar-refractivity contribution is 1.07. The average Bonchev–Trinajstić information content (AvgIpc) is 3.29. The van der Waals surface area contributed by atoms with Gasteiger partial charge in [-0.3, -0.25) is 0 Å². The number of benzene rings is 1. The number of thioether (sulfide) groups is 1. The summed E-state index contributed by atoms with van der Waals surface area (Å²) in [7, 11) is 0. The van der Waals surface area contributed by atoms with Crippen LogP contribution >= 0.6 is 23.1 Å². The van der Waals surface area contributed by atoms with E-state index in [-0.39, 0.29) is 0 Å². The van der Waals surface area contributed by atoms with Crippen LogP contribution in [0, 0.1) is 6.92 Å². The summed E-state index contributed by atoms with van der Waals surface area (Å²) in [4.78, 5) is 4.71. The average molecular weight is 365 g/mol. The molecular weight excluding hydrogens is 344 g/mol. The van der Waals surface area contributed by atoms with Gasteiger partial charge in [-0.05, 0) is 58.7 Å². The molecule has 0 bridgehead atoms. The Morgan fingerprint density at radius 1 is 1.16 bits per heavy atom. The van der Waals surface area contributed by atoms with Gasteiger partial charge >= 0.3 is 0 Å². The Kier molecular flexibility index (Phi) is 4.90. The van der Waals surface area contributed by atoms with E-state index in [0.717, 1.165) is 23.6 Å². The van der Waals surface area contributed by atoms with E-state index in [1.807, 2.05) is 18.0 Å². The number of thiophene rings is 1. The van der Waals surface area contributed by atoms with Crippen molar-refractivity contribution in [3.8, 4) is 11.1 Å². The molecule has 25 heavy (non-hydrogen) atoms. The summed E-state index contributed by atoms with van der Waals surface area (Å²) in [6.45, 7) is 2.15. The van der Waals surface area contributed by atoms with Crippen LogP contribution in [0.4, 0.5) is 0 Å². The lowest BCUT2D eigenvalue weighted by Crippen LogP contribution is -1.95. The zero-order chi connectivity index (χ0) is 17.1. The molecule has 0 radical (unpaired) electrons. The summed E-state index contributed by atoms with van der Waals surface area (Å²) in [6, 6.07) is 15.1. The Hall–Kier alpha value is -2.04. The highest BCUT2D eigenvalue weighted by Crippen LogP contribution is 2.28. The maximum absolute atomic E-state index is 4.71. The highest BCUT2D eigenvalue weighted by Gasteiger charge is 2.11. The Morgan fingerprint density at radius 3 is 2.84 bits per heavy atom. The van der Waals surface area contributed by atoms with Crippen LogP contribution in [0.15, 0.2) is 65.6 Å². The van der Waals surface area contributed by atoms with Gasteiger partial charge in [-0.2, -0.15) is 23.1 Å². The number of hydrogen-bond acceptors (Lipinski definition) is 3. The lowest BCUT2D eigenvalue weighted by atomic mass is 10.1. The van der Waals surface area contributed by atoms with Gasteiger partial charge in [0.2, 0.25) is 0 Å². The molecule has 0 spiro atoms. The van der Waals surface area contributed by atoms with Crippen molar-refractivity contribution in [2.75, 3.05) is 5.75 Å². The summed E-state index contributed by atoms with van der Waals surface area (Å²) in [5.74, 6) is 2.11. The quantitative estimate of drug-likeness (QED) is 0.399. The summed E-state index contributed by atoms with van der Waals surface area (Å²) in [5.41, 5.74) is 7.48. The molecule has 3 heterocycles. The van der Waals surface area contributed by atoms with Crippen molar-refractivity contribution >= 4 is 28.7 Å². The SMILES string of the molecule is Cc1cc(-c2ccsc2)c2ncc(CSCCc3ccccc3)n2c1. The first-order chi connectivity index (χ1) is 12.3. The number of pyridine rings is 1. The lowest BCUT2D eigenvalue weighted by Gasteiger charge is -2.07. The number of hydrogen-bond donors (Lipinski definition) is 0. The second-order valence-electron chi connectivity index (χ2n) is 6.17. The normalized spacial score (nSPS) is 11.2. The predicted octanol–water partition coefficient (Wildman–Crippen LogP) is 5.85. The van der Waals surface area contributed by atoms with Gasteiger partial charge in [0, 0.05) is 17.5 Å². The van der Waals surface area contributed by atoms with E-state index in [1.54, 1.807) is 11.3 Å². The van der Waals surface area contributed by atoms with Crippen molar-refractivity contribution in [2.24, 2.45) is 0 Å². The molecule has 0 amide bonds. The van der Waals surface area contributed by atoms with E-state index in [4.69, 9.17) is 4.98 Å².